The topological polar surface area (TPSA) is 61.9 Å². The molecule has 3 aromatic rings. The standard InChI is InChI=1S/C17H14N4O/c22-17(21-10-8-12-5-1-2-7-16(12)21)15-11-14(19-20-15)13-6-3-4-9-18-13/h1-7,9,11H,8,10H2,(H,19,20). The van der Waals surface area contributed by atoms with Gasteiger partial charge in [-0.25, -0.2) is 0 Å². The zero-order valence-corrected chi connectivity index (χ0v) is 11.9. The maximum Gasteiger partial charge on any atom is 0.276 e. The molecule has 108 valence electrons. The number of hydrogen-bond donors (Lipinski definition) is 1. The Morgan fingerprint density at radius 2 is 1.95 bits per heavy atom. The highest BCUT2D eigenvalue weighted by Gasteiger charge is 2.26. The van der Waals surface area contributed by atoms with E-state index < -0.39 is 0 Å². The van der Waals surface area contributed by atoms with Crippen LogP contribution in [0.15, 0.2) is 54.7 Å². The number of aromatic nitrogens is 3. The minimum Gasteiger partial charge on any atom is -0.306 e. The average molecular weight is 290 g/mol. The number of amides is 1. The lowest BCUT2D eigenvalue weighted by Crippen LogP contribution is -2.29. The summed E-state index contributed by atoms with van der Waals surface area (Å²) in [5.74, 6) is -0.0559. The van der Waals surface area contributed by atoms with E-state index in [-0.39, 0.29) is 5.91 Å². The molecule has 0 atom stereocenters. The smallest absolute Gasteiger partial charge is 0.276 e. The van der Waals surface area contributed by atoms with Crippen LogP contribution in [0.2, 0.25) is 0 Å². The summed E-state index contributed by atoms with van der Waals surface area (Å²) >= 11 is 0. The number of H-pyrrole nitrogens is 1. The number of benzene rings is 1. The summed E-state index contributed by atoms with van der Waals surface area (Å²) in [5.41, 5.74) is 4.11. The van der Waals surface area contributed by atoms with Crippen LogP contribution >= 0.6 is 0 Å². The molecule has 4 rings (SSSR count). The summed E-state index contributed by atoms with van der Waals surface area (Å²) in [6, 6.07) is 15.4. The Bertz CT molecular complexity index is 825. The van der Waals surface area contributed by atoms with Gasteiger partial charge in [-0.15, -0.1) is 0 Å². The summed E-state index contributed by atoms with van der Waals surface area (Å²) in [6.07, 6.45) is 2.60. The van der Waals surface area contributed by atoms with Gasteiger partial charge in [-0.3, -0.25) is 14.9 Å². The van der Waals surface area contributed by atoms with Gasteiger partial charge in [0.25, 0.3) is 5.91 Å². The second kappa shape index (κ2) is 5.11. The number of anilines is 1. The summed E-state index contributed by atoms with van der Waals surface area (Å²) in [5, 5.41) is 7.03. The predicted molar refractivity (Wildman–Crippen MR) is 83.6 cm³/mol. The Labute approximate surface area is 127 Å². The highest BCUT2D eigenvalue weighted by Crippen LogP contribution is 2.29. The van der Waals surface area contributed by atoms with E-state index in [1.807, 2.05) is 36.4 Å². The molecule has 1 aliphatic heterocycles. The van der Waals surface area contributed by atoms with Crippen molar-refractivity contribution in [2.75, 3.05) is 11.4 Å². The van der Waals surface area contributed by atoms with Crippen LogP contribution in [0.5, 0.6) is 0 Å². The minimum absolute atomic E-state index is 0.0559. The van der Waals surface area contributed by atoms with Crippen molar-refractivity contribution in [2.45, 2.75) is 6.42 Å². The summed E-state index contributed by atoms with van der Waals surface area (Å²) in [7, 11) is 0. The summed E-state index contributed by atoms with van der Waals surface area (Å²) in [4.78, 5) is 18.7. The molecule has 1 amide bonds. The molecular weight excluding hydrogens is 276 g/mol. The van der Waals surface area contributed by atoms with Crippen LogP contribution in [-0.2, 0) is 6.42 Å². The zero-order chi connectivity index (χ0) is 14.9. The number of carbonyl (C=O) groups excluding carboxylic acids is 1. The van der Waals surface area contributed by atoms with Crippen molar-refractivity contribution >= 4 is 11.6 Å². The lowest BCUT2D eigenvalue weighted by molar-refractivity contribution is 0.0984. The van der Waals surface area contributed by atoms with Gasteiger partial charge in [0.05, 0.1) is 5.69 Å². The summed E-state index contributed by atoms with van der Waals surface area (Å²) < 4.78 is 0. The molecule has 2 aromatic heterocycles. The number of aromatic amines is 1. The maximum atomic E-state index is 12.7. The third-order valence-corrected chi connectivity index (χ3v) is 3.87. The van der Waals surface area contributed by atoms with Crippen LogP contribution in [-0.4, -0.2) is 27.6 Å². The first kappa shape index (κ1) is 12.8. The van der Waals surface area contributed by atoms with Gasteiger partial charge in [0.1, 0.15) is 11.4 Å². The van der Waals surface area contributed by atoms with Gasteiger partial charge in [-0.05, 0) is 36.2 Å². The quantitative estimate of drug-likeness (QED) is 0.789. The van der Waals surface area contributed by atoms with Gasteiger partial charge in [-0.1, -0.05) is 24.3 Å². The molecule has 0 unspecified atom stereocenters. The Morgan fingerprint density at radius 1 is 1.09 bits per heavy atom. The first-order valence-electron chi connectivity index (χ1n) is 7.19. The van der Waals surface area contributed by atoms with E-state index in [1.165, 1.54) is 5.56 Å². The number of pyridine rings is 1. The molecular formula is C17H14N4O. The molecule has 0 saturated carbocycles. The second-order valence-electron chi connectivity index (χ2n) is 5.22. The normalized spacial score (nSPS) is 13.2. The minimum atomic E-state index is -0.0559. The van der Waals surface area contributed by atoms with Crippen LogP contribution in [0.3, 0.4) is 0 Å². The second-order valence-corrected chi connectivity index (χ2v) is 5.22. The number of hydrogen-bond acceptors (Lipinski definition) is 3. The maximum absolute atomic E-state index is 12.7. The Balaban J connectivity index is 1.64. The third kappa shape index (κ3) is 2.07. The van der Waals surface area contributed by atoms with E-state index in [4.69, 9.17) is 0 Å². The van der Waals surface area contributed by atoms with Crippen molar-refractivity contribution in [2.24, 2.45) is 0 Å². The number of nitrogens with zero attached hydrogens (tertiary/aromatic N) is 3. The number of nitrogens with one attached hydrogen (secondary N) is 1. The van der Waals surface area contributed by atoms with E-state index in [0.29, 0.717) is 17.9 Å². The van der Waals surface area contributed by atoms with Crippen LogP contribution in [0, 0.1) is 0 Å². The molecule has 0 aliphatic carbocycles. The van der Waals surface area contributed by atoms with Crippen LogP contribution in [0.1, 0.15) is 16.1 Å². The molecule has 1 aliphatic rings. The molecule has 1 N–H and O–H groups in total. The number of fused-ring (bicyclic) bond motifs is 1. The average Bonchev–Trinajstić information content (AvgIpc) is 3.22. The monoisotopic (exact) mass is 290 g/mol. The van der Waals surface area contributed by atoms with E-state index in [1.54, 1.807) is 17.2 Å². The first-order chi connectivity index (χ1) is 10.8. The molecule has 0 radical (unpaired) electrons. The molecule has 5 nitrogen and oxygen atoms in total. The van der Waals surface area contributed by atoms with E-state index in [9.17, 15) is 4.79 Å². The van der Waals surface area contributed by atoms with Crippen molar-refractivity contribution in [3.05, 3.63) is 66.0 Å². The predicted octanol–water partition coefficient (Wildman–Crippen LogP) is 2.67. The van der Waals surface area contributed by atoms with Crippen molar-refractivity contribution < 1.29 is 4.79 Å². The fourth-order valence-electron chi connectivity index (χ4n) is 2.77. The van der Waals surface area contributed by atoms with Gasteiger partial charge in [0.15, 0.2) is 0 Å². The molecule has 5 heteroatoms. The van der Waals surface area contributed by atoms with Gasteiger partial charge in [0, 0.05) is 18.4 Å². The Hall–Kier alpha value is -2.95. The molecule has 22 heavy (non-hydrogen) atoms. The summed E-state index contributed by atoms with van der Waals surface area (Å²) in [6.45, 7) is 0.704. The van der Waals surface area contributed by atoms with Gasteiger partial charge < -0.3 is 4.90 Å². The SMILES string of the molecule is O=C(c1cc(-c2ccccn2)n[nH]1)N1CCc2ccccc21. The lowest BCUT2D eigenvalue weighted by Gasteiger charge is -2.15. The molecule has 0 bridgehead atoms. The van der Waals surface area contributed by atoms with Crippen LogP contribution in [0.4, 0.5) is 5.69 Å². The molecule has 3 heterocycles. The fourth-order valence-corrected chi connectivity index (χ4v) is 2.77. The van der Waals surface area contributed by atoms with Crippen molar-refractivity contribution in [3.8, 4) is 11.4 Å². The van der Waals surface area contributed by atoms with E-state index in [0.717, 1.165) is 17.8 Å². The molecule has 0 saturated heterocycles. The first-order valence-corrected chi connectivity index (χ1v) is 7.19. The Morgan fingerprint density at radius 3 is 2.82 bits per heavy atom. The van der Waals surface area contributed by atoms with Gasteiger partial charge >= 0.3 is 0 Å². The molecule has 0 spiro atoms. The molecule has 0 fully saturated rings. The van der Waals surface area contributed by atoms with Crippen molar-refractivity contribution in [1.29, 1.82) is 0 Å². The van der Waals surface area contributed by atoms with Crippen LogP contribution in [0.25, 0.3) is 11.4 Å². The van der Waals surface area contributed by atoms with Gasteiger partial charge in [-0.2, -0.15) is 5.10 Å². The third-order valence-electron chi connectivity index (χ3n) is 3.87. The molecule has 1 aromatic carbocycles. The van der Waals surface area contributed by atoms with Crippen molar-refractivity contribution in [1.82, 2.24) is 15.2 Å². The number of carbonyl (C=O) groups is 1. The van der Waals surface area contributed by atoms with Gasteiger partial charge in [0.2, 0.25) is 0 Å². The highest BCUT2D eigenvalue weighted by atomic mass is 16.2. The zero-order valence-electron chi connectivity index (χ0n) is 11.9. The van der Waals surface area contributed by atoms with Crippen molar-refractivity contribution in [3.63, 3.8) is 0 Å². The van der Waals surface area contributed by atoms with Crippen LogP contribution < -0.4 is 4.90 Å². The fraction of sp³-hybridized carbons (Fsp3) is 0.118. The number of rotatable bonds is 2. The number of para-hydroxylation sites is 1. The Kier molecular flexibility index (Phi) is 2.96. The lowest BCUT2D eigenvalue weighted by atomic mass is 10.2. The largest absolute Gasteiger partial charge is 0.306 e. The van der Waals surface area contributed by atoms with E-state index in [2.05, 4.69) is 21.2 Å². The van der Waals surface area contributed by atoms with E-state index >= 15 is 0 Å². The highest BCUT2D eigenvalue weighted by molar-refractivity contribution is 6.06.